The summed E-state index contributed by atoms with van der Waals surface area (Å²) in [6.07, 6.45) is 1.02. The molecule has 0 radical (unpaired) electrons. The molecule has 15 heavy (non-hydrogen) atoms. The quantitative estimate of drug-likeness (QED) is 0.656. The highest BCUT2D eigenvalue weighted by Gasteiger charge is 2.39. The minimum Gasteiger partial charge on any atom is -0.444 e. The molecule has 0 aromatic carbocycles. The number of rotatable bonds is 0. The molecule has 0 aliphatic carbocycles. The summed E-state index contributed by atoms with van der Waals surface area (Å²) in [5, 5.41) is 3.42. The van der Waals surface area contributed by atoms with Crippen molar-refractivity contribution in [1.29, 1.82) is 0 Å². The summed E-state index contributed by atoms with van der Waals surface area (Å²) in [7, 11) is 0. The molecule has 4 heteroatoms. The second kappa shape index (κ2) is 3.67. The smallest absolute Gasteiger partial charge is 0.410 e. The number of fused-ring (bicyclic) bond motifs is 1. The Hall–Kier alpha value is -0.770. The molecule has 0 saturated carbocycles. The predicted molar refractivity (Wildman–Crippen MR) is 57.7 cm³/mol. The van der Waals surface area contributed by atoms with Crippen LogP contribution in [0, 0.1) is 5.92 Å². The first-order valence-corrected chi connectivity index (χ1v) is 5.67. The third-order valence-corrected chi connectivity index (χ3v) is 3.01. The molecule has 0 aromatic rings. The molecule has 0 bridgehead atoms. The van der Waals surface area contributed by atoms with E-state index >= 15 is 0 Å². The Bertz CT molecular complexity index is 248. The van der Waals surface area contributed by atoms with Crippen molar-refractivity contribution in [2.75, 3.05) is 19.6 Å². The van der Waals surface area contributed by atoms with Gasteiger partial charge in [0.2, 0.25) is 0 Å². The van der Waals surface area contributed by atoms with E-state index in [1.54, 1.807) is 0 Å². The number of amides is 1. The van der Waals surface area contributed by atoms with Crippen LogP contribution >= 0.6 is 0 Å². The maximum absolute atomic E-state index is 11.8. The molecule has 0 unspecified atom stereocenters. The number of carbonyl (C=O) groups excluding carboxylic acids is 1. The zero-order valence-electron chi connectivity index (χ0n) is 9.75. The third-order valence-electron chi connectivity index (χ3n) is 3.01. The number of carbonyl (C=O) groups is 1. The average molecular weight is 212 g/mol. The lowest BCUT2D eigenvalue weighted by atomic mass is 10.1. The molecule has 2 aliphatic heterocycles. The third kappa shape index (κ3) is 2.43. The fourth-order valence-corrected chi connectivity index (χ4v) is 2.32. The highest BCUT2D eigenvalue weighted by molar-refractivity contribution is 5.68. The molecule has 2 fully saturated rings. The van der Waals surface area contributed by atoms with Crippen LogP contribution in [0.1, 0.15) is 27.2 Å². The van der Waals surface area contributed by atoms with Crippen LogP contribution in [0.25, 0.3) is 0 Å². The number of likely N-dealkylation sites (tertiary alicyclic amines) is 1. The van der Waals surface area contributed by atoms with Crippen LogP contribution in [0.15, 0.2) is 0 Å². The summed E-state index contributed by atoms with van der Waals surface area (Å²) in [6.45, 7) is 8.46. The molecule has 2 heterocycles. The van der Waals surface area contributed by atoms with Crippen LogP contribution in [0.2, 0.25) is 0 Å². The van der Waals surface area contributed by atoms with Crippen molar-refractivity contribution < 1.29 is 9.53 Å². The maximum Gasteiger partial charge on any atom is 0.410 e. The van der Waals surface area contributed by atoms with Crippen molar-refractivity contribution in [3.63, 3.8) is 0 Å². The fraction of sp³-hybridized carbons (Fsp3) is 0.909. The van der Waals surface area contributed by atoms with Crippen molar-refractivity contribution in [1.82, 2.24) is 10.2 Å². The first kappa shape index (κ1) is 10.7. The molecule has 86 valence electrons. The molecule has 4 nitrogen and oxygen atoms in total. The van der Waals surface area contributed by atoms with Crippen molar-refractivity contribution in [3.8, 4) is 0 Å². The van der Waals surface area contributed by atoms with E-state index < -0.39 is 0 Å². The summed E-state index contributed by atoms with van der Waals surface area (Å²) >= 11 is 0. The lowest BCUT2D eigenvalue weighted by Crippen LogP contribution is -2.37. The number of hydrogen-bond donors (Lipinski definition) is 1. The van der Waals surface area contributed by atoms with E-state index in [0.717, 1.165) is 19.6 Å². The normalized spacial score (nSPS) is 30.5. The van der Waals surface area contributed by atoms with Gasteiger partial charge in [-0.2, -0.15) is 0 Å². The Labute approximate surface area is 91.0 Å². The second-order valence-corrected chi connectivity index (χ2v) is 5.49. The monoisotopic (exact) mass is 212 g/mol. The van der Waals surface area contributed by atoms with E-state index in [-0.39, 0.29) is 11.7 Å². The molecule has 2 saturated heterocycles. The Morgan fingerprint density at radius 1 is 1.40 bits per heavy atom. The van der Waals surface area contributed by atoms with E-state index in [1.165, 1.54) is 6.42 Å². The van der Waals surface area contributed by atoms with Gasteiger partial charge in [-0.15, -0.1) is 0 Å². The van der Waals surface area contributed by atoms with E-state index in [2.05, 4.69) is 5.32 Å². The van der Waals surface area contributed by atoms with Gasteiger partial charge in [-0.3, -0.25) is 0 Å². The minimum atomic E-state index is -0.387. The van der Waals surface area contributed by atoms with Crippen LogP contribution in [0.4, 0.5) is 4.79 Å². The fourth-order valence-electron chi connectivity index (χ4n) is 2.32. The minimum absolute atomic E-state index is 0.168. The summed E-state index contributed by atoms with van der Waals surface area (Å²) in [5.74, 6) is 0.637. The zero-order valence-corrected chi connectivity index (χ0v) is 9.75. The largest absolute Gasteiger partial charge is 0.444 e. The number of hydrogen-bond acceptors (Lipinski definition) is 3. The van der Waals surface area contributed by atoms with Crippen molar-refractivity contribution in [2.24, 2.45) is 5.92 Å². The van der Waals surface area contributed by atoms with Gasteiger partial charge in [0.05, 0.1) is 0 Å². The molecule has 2 atom stereocenters. The molecular formula is C11H20N2O2. The Balaban J connectivity index is 1.88. The summed E-state index contributed by atoms with van der Waals surface area (Å²) in [4.78, 5) is 13.6. The first-order chi connectivity index (χ1) is 6.96. The lowest BCUT2D eigenvalue weighted by molar-refractivity contribution is 0.0283. The second-order valence-electron chi connectivity index (χ2n) is 5.49. The maximum atomic E-state index is 11.8. The lowest BCUT2D eigenvalue weighted by Gasteiger charge is -2.24. The van der Waals surface area contributed by atoms with Crippen LogP contribution in [-0.4, -0.2) is 42.3 Å². The Morgan fingerprint density at radius 3 is 2.73 bits per heavy atom. The Morgan fingerprint density at radius 2 is 2.13 bits per heavy atom. The number of ether oxygens (including phenoxy) is 1. The van der Waals surface area contributed by atoms with E-state index in [0.29, 0.717) is 12.0 Å². The van der Waals surface area contributed by atoms with E-state index in [4.69, 9.17) is 4.74 Å². The van der Waals surface area contributed by atoms with Gasteiger partial charge in [0.15, 0.2) is 0 Å². The van der Waals surface area contributed by atoms with Gasteiger partial charge in [-0.25, -0.2) is 4.79 Å². The summed E-state index contributed by atoms with van der Waals surface area (Å²) in [5.41, 5.74) is -0.387. The van der Waals surface area contributed by atoms with Gasteiger partial charge in [-0.05, 0) is 39.7 Å². The standard InChI is InChI=1S/C11H20N2O2/c1-11(2,3)15-10(14)13-6-8-4-5-12-9(8)7-13/h8-9,12H,4-7H2,1-3H3/t8-,9+/m0/s1. The van der Waals surface area contributed by atoms with Crippen molar-refractivity contribution >= 4 is 6.09 Å². The van der Waals surface area contributed by atoms with E-state index in [1.807, 2.05) is 25.7 Å². The highest BCUT2D eigenvalue weighted by Crippen LogP contribution is 2.25. The average Bonchev–Trinajstić information content (AvgIpc) is 2.56. The van der Waals surface area contributed by atoms with E-state index in [9.17, 15) is 4.79 Å². The van der Waals surface area contributed by atoms with Crippen LogP contribution in [-0.2, 0) is 4.74 Å². The summed E-state index contributed by atoms with van der Waals surface area (Å²) in [6, 6.07) is 0.498. The highest BCUT2D eigenvalue weighted by atomic mass is 16.6. The van der Waals surface area contributed by atoms with Crippen LogP contribution in [0.5, 0.6) is 0 Å². The van der Waals surface area contributed by atoms with Crippen molar-refractivity contribution in [3.05, 3.63) is 0 Å². The molecule has 0 spiro atoms. The molecule has 0 aromatic heterocycles. The first-order valence-electron chi connectivity index (χ1n) is 5.67. The Kier molecular flexibility index (Phi) is 2.63. The topological polar surface area (TPSA) is 41.6 Å². The summed E-state index contributed by atoms with van der Waals surface area (Å²) < 4.78 is 5.35. The number of nitrogens with zero attached hydrogens (tertiary/aromatic N) is 1. The van der Waals surface area contributed by atoms with Gasteiger partial charge in [-0.1, -0.05) is 0 Å². The number of nitrogens with one attached hydrogen (secondary N) is 1. The molecule has 2 rings (SSSR count). The van der Waals surface area contributed by atoms with Crippen LogP contribution < -0.4 is 5.32 Å². The molecule has 1 N–H and O–H groups in total. The molecule has 2 aliphatic rings. The zero-order chi connectivity index (χ0) is 11.1. The van der Waals surface area contributed by atoms with Gasteiger partial charge in [0.25, 0.3) is 0 Å². The van der Waals surface area contributed by atoms with Crippen LogP contribution in [0.3, 0.4) is 0 Å². The van der Waals surface area contributed by atoms with Gasteiger partial charge in [0.1, 0.15) is 5.60 Å². The molecule has 1 amide bonds. The SMILES string of the molecule is CC(C)(C)OC(=O)N1C[C@@H]2CCN[C@@H]2C1. The van der Waals surface area contributed by atoms with Crippen molar-refractivity contribution in [2.45, 2.75) is 38.8 Å². The van der Waals surface area contributed by atoms with Gasteiger partial charge < -0.3 is 15.0 Å². The molecular weight excluding hydrogens is 192 g/mol. The van der Waals surface area contributed by atoms with Gasteiger partial charge >= 0.3 is 6.09 Å². The van der Waals surface area contributed by atoms with Gasteiger partial charge in [0, 0.05) is 19.1 Å². The predicted octanol–water partition coefficient (Wildman–Crippen LogP) is 1.22.